The number of aryl methyl sites for hydroxylation is 1. The van der Waals surface area contributed by atoms with Gasteiger partial charge in [-0.2, -0.15) is 0 Å². The minimum Gasteiger partial charge on any atom is -0.331 e. The molecule has 0 bridgehead atoms. The van der Waals surface area contributed by atoms with E-state index in [1.807, 2.05) is 6.20 Å². The lowest BCUT2D eigenvalue weighted by Gasteiger charge is -2.09. The number of nitrogens with zero attached hydrogens (tertiary/aromatic N) is 2. The number of imidazole rings is 1. The first-order valence-electron chi connectivity index (χ1n) is 7.12. The van der Waals surface area contributed by atoms with E-state index in [1.54, 1.807) is 0 Å². The SMILES string of the molecule is CCCc1nccn1Cc1cccc(CNCC)c1. The van der Waals surface area contributed by atoms with Crippen molar-refractivity contribution in [3.8, 4) is 0 Å². The van der Waals surface area contributed by atoms with Gasteiger partial charge in [-0.05, 0) is 24.1 Å². The van der Waals surface area contributed by atoms with Crippen LogP contribution in [0.3, 0.4) is 0 Å². The van der Waals surface area contributed by atoms with Crippen LogP contribution in [0.1, 0.15) is 37.2 Å². The Morgan fingerprint density at radius 3 is 2.84 bits per heavy atom. The summed E-state index contributed by atoms with van der Waals surface area (Å²) in [7, 11) is 0. The average molecular weight is 257 g/mol. The Labute approximate surface area is 115 Å². The fourth-order valence-corrected chi connectivity index (χ4v) is 2.24. The van der Waals surface area contributed by atoms with E-state index >= 15 is 0 Å². The van der Waals surface area contributed by atoms with Crippen molar-refractivity contribution in [1.29, 1.82) is 0 Å². The lowest BCUT2D eigenvalue weighted by Crippen LogP contribution is -2.12. The van der Waals surface area contributed by atoms with E-state index < -0.39 is 0 Å². The lowest BCUT2D eigenvalue weighted by atomic mass is 10.1. The average Bonchev–Trinajstić information content (AvgIpc) is 2.85. The van der Waals surface area contributed by atoms with Crippen LogP contribution in [0, 0.1) is 0 Å². The summed E-state index contributed by atoms with van der Waals surface area (Å²) in [5.41, 5.74) is 2.68. The molecule has 0 radical (unpaired) electrons. The normalized spacial score (nSPS) is 10.8. The first kappa shape index (κ1) is 13.8. The molecule has 0 saturated heterocycles. The second kappa shape index (κ2) is 7.10. The van der Waals surface area contributed by atoms with Crippen LogP contribution in [0.15, 0.2) is 36.7 Å². The molecule has 0 aliphatic carbocycles. The fraction of sp³-hybridized carbons (Fsp3) is 0.438. The molecule has 0 unspecified atom stereocenters. The molecule has 1 N–H and O–H groups in total. The summed E-state index contributed by atoms with van der Waals surface area (Å²) < 4.78 is 2.25. The van der Waals surface area contributed by atoms with E-state index in [1.165, 1.54) is 17.0 Å². The van der Waals surface area contributed by atoms with Crippen LogP contribution in [-0.4, -0.2) is 16.1 Å². The highest BCUT2D eigenvalue weighted by molar-refractivity contribution is 5.24. The molecule has 2 rings (SSSR count). The van der Waals surface area contributed by atoms with Crippen LogP contribution >= 0.6 is 0 Å². The molecule has 0 aliphatic heterocycles. The van der Waals surface area contributed by atoms with E-state index in [4.69, 9.17) is 0 Å². The van der Waals surface area contributed by atoms with E-state index in [0.29, 0.717) is 0 Å². The summed E-state index contributed by atoms with van der Waals surface area (Å²) in [5, 5.41) is 3.36. The van der Waals surface area contributed by atoms with Crippen molar-refractivity contribution in [2.75, 3.05) is 6.54 Å². The zero-order valence-corrected chi connectivity index (χ0v) is 11.9. The van der Waals surface area contributed by atoms with Crippen LogP contribution in [0.25, 0.3) is 0 Å². The van der Waals surface area contributed by atoms with Crippen LogP contribution in [0.2, 0.25) is 0 Å². The largest absolute Gasteiger partial charge is 0.331 e. The van der Waals surface area contributed by atoms with Gasteiger partial charge in [-0.15, -0.1) is 0 Å². The van der Waals surface area contributed by atoms with E-state index in [2.05, 4.69) is 59.2 Å². The Balaban J connectivity index is 2.07. The van der Waals surface area contributed by atoms with Crippen molar-refractivity contribution in [3.63, 3.8) is 0 Å². The molecule has 1 heterocycles. The summed E-state index contributed by atoms with van der Waals surface area (Å²) in [6, 6.07) is 8.77. The van der Waals surface area contributed by atoms with Gasteiger partial charge in [-0.3, -0.25) is 0 Å². The first-order valence-corrected chi connectivity index (χ1v) is 7.12. The van der Waals surface area contributed by atoms with Gasteiger partial charge in [0.1, 0.15) is 5.82 Å². The maximum Gasteiger partial charge on any atom is 0.108 e. The molecule has 3 heteroatoms. The molecule has 1 aromatic heterocycles. The maximum atomic E-state index is 4.42. The quantitative estimate of drug-likeness (QED) is 0.826. The third-order valence-corrected chi connectivity index (χ3v) is 3.20. The van der Waals surface area contributed by atoms with Gasteiger partial charge in [0, 0.05) is 31.9 Å². The summed E-state index contributed by atoms with van der Waals surface area (Å²) in [6.45, 7) is 7.18. The van der Waals surface area contributed by atoms with Crippen LogP contribution in [0.5, 0.6) is 0 Å². The molecule has 1 aromatic carbocycles. The Morgan fingerprint density at radius 2 is 2.05 bits per heavy atom. The highest BCUT2D eigenvalue weighted by Crippen LogP contribution is 2.10. The monoisotopic (exact) mass is 257 g/mol. The van der Waals surface area contributed by atoms with Gasteiger partial charge in [0.05, 0.1) is 0 Å². The molecule has 0 amide bonds. The Morgan fingerprint density at radius 1 is 1.21 bits per heavy atom. The second-order valence-electron chi connectivity index (χ2n) is 4.82. The highest BCUT2D eigenvalue weighted by Gasteiger charge is 2.03. The number of rotatable bonds is 7. The molecule has 0 aliphatic rings. The van der Waals surface area contributed by atoms with Crippen molar-refractivity contribution < 1.29 is 0 Å². The van der Waals surface area contributed by atoms with E-state index in [-0.39, 0.29) is 0 Å². The number of aromatic nitrogens is 2. The third-order valence-electron chi connectivity index (χ3n) is 3.20. The molecule has 102 valence electrons. The summed E-state index contributed by atoms with van der Waals surface area (Å²) in [4.78, 5) is 4.42. The summed E-state index contributed by atoms with van der Waals surface area (Å²) in [5.74, 6) is 1.18. The number of nitrogens with one attached hydrogen (secondary N) is 1. The lowest BCUT2D eigenvalue weighted by molar-refractivity contribution is 0.700. The Kier molecular flexibility index (Phi) is 5.16. The zero-order chi connectivity index (χ0) is 13.5. The predicted octanol–water partition coefficient (Wildman–Crippen LogP) is 2.99. The molecule has 2 aromatic rings. The smallest absolute Gasteiger partial charge is 0.108 e. The van der Waals surface area contributed by atoms with Crippen LogP contribution in [-0.2, 0) is 19.5 Å². The topological polar surface area (TPSA) is 29.9 Å². The first-order chi connectivity index (χ1) is 9.33. The van der Waals surface area contributed by atoms with Gasteiger partial charge in [0.2, 0.25) is 0 Å². The Bertz CT molecular complexity index is 502. The molecule has 3 nitrogen and oxygen atoms in total. The van der Waals surface area contributed by atoms with E-state index in [9.17, 15) is 0 Å². The molecular weight excluding hydrogens is 234 g/mol. The molecule has 0 saturated carbocycles. The molecule has 0 fully saturated rings. The van der Waals surface area contributed by atoms with Gasteiger partial charge in [-0.25, -0.2) is 4.98 Å². The van der Waals surface area contributed by atoms with Gasteiger partial charge in [0.15, 0.2) is 0 Å². The Hall–Kier alpha value is -1.61. The zero-order valence-electron chi connectivity index (χ0n) is 11.9. The summed E-state index contributed by atoms with van der Waals surface area (Å²) >= 11 is 0. The molecular formula is C16H23N3. The maximum absolute atomic E-state index is 4.42. The number of hydrogen-bond donors (Lipinski definition) is 1. The van der Waals surface area contributed by atoms with Gasteiger partial charge >= 0.3 is 0 Å². The van der Waals surface area contributed by atoms with Gasteiger partial charge < -0.3 is 9.88 Å². The number of benzene rings is 1. The van der Waals surface area contributed by atoms with Crippen molar-refractivity contribution in [3.05, 3.63) is 53.6 Å². The van der Waals surface area contributed by atoms with Crippen LogP contribution < -0.4 is 5.32 Å². The minimum absolute atomic E-state index is 0.912. The van der Waals surface area contributed by atoms with Gasteiger partial charge in [0.25, 0.3) is 0 Å². The van der Waals surface area contributed by atoms with Crippen molar-refractivity contribution in [1.82, 2.24) is 14.9 Å². The molecule has 0 spiro atoms. The second-order valence-corrected chi connectivity index (χ2v) is 4.82. The molecule has 19 heavy (non-hydrogen) atoms. The van der Waals surface area contributed by atoms with Crippen molar-refractivity contribution in [2.24, 2.45) is 0 Å². The predicted molar refractivity (Wildman–Crippen MR) is 79.1 cm³/mol. The fourth-order valence-electron chi connectivity index (χ4n) is 2.24. The third kappa shape index (κ3) is 3.93. The summed E-state index contributed by atoms with van der Waals surface area (Å²) in [6.07, 6.45) is 6.15. The highest BCUT2D eigenvalue weighted by atomic mass is 15.1. The molecule has 0 atom stereocenters. The van der Waals surface area contributed by atoms with Gasteiger partial charge in [-0.1, -0.05) is 38.1 Å². The van der Waals surface area contributed by atoms with Crippen molar-refractivity contribution in [2.45, 2.75) is 39.8 Å². The van der Waals surface area contributed by atoms with Crippen LogP contribution in [0.4, 0.5) is 0 Å². The van der Waals surface area contributed by atoms with E-state index in [0.717, 1.165) is 32.5 Å². The van der Waals surface area contributed by atoms with Crippen molar-refractivity contribution >= 4 is 0 Å². The minimum atomic E-state index is 0.912. The standard InChI is InChI=1S/C16H23N3/c1-3-6-16-18-9-10-19(16)13-15-8-5-7-14(11-15)12-17-4-2/h5,7-11,17H,3-4,6,12-13H2,1-2H3. The number of hydrogen-bond acceptors (Lipinski definition) is 2.